The Kier molecular flexibility index (Phi) is 6.53. The van der Waals surface area contributed by atoms with Crippen LogP contribution >= 0.6 is 0 Å². The SMILES string of the molecule is CC(=O)N[C@@H](Cc1cc(F)cc(F)c1)c1ncccc1-c1ccc(OC(F)(F)F)cc1. The number of carbonyl (C=O) groups is 1. The molecule has 1 atom stereocenters. The van der Waals surface area contributed by atoms with Crippen molar-refractivity contribution < 1.29 is 31.5 Å². The summed E-state index contributed by atoms with van der Waals surface area (Å²) in [5.74, 6) is -2.26. The number of halogens is 5. The van der Waals surface area contributed by atoms with Crippen molar-refractivity contribution in [1.29, 1.82) is 0 Å². The third-order valence-electron chi connectivity index (χ3n) is 4.31. The van der Waals surface area contributed by atoms with Crippen LogP contribution in [-0.2, 0) is 11.2 Å². The highest BCUT2D eigenvalue weighted by molar-refractivity contribution is 5.74. The first-order chi connectivity index (χ1) is 14.6. The number of benzene rings is 2. The highest BCUT2D eigenvalue weighted by Crippen LogP contribution is 2.31. The third kappa shape index (κ3) is 6.24. The molecule has 31 heavy (non-hydrogen) atoms. The lowest BCUT2D eigenvalue weighted by atomic mass is 9.95. The number of aromatic nitrogens is 1. The van der Waals surface area contributed by atoms with Crippen molar-refractivity contribution in [3.05, 3.63) is 83.7 Å². The predicted molar refractivity (Wildman–Crippen MR) is 103 cm³/mol. The van der Waals surface area contributed by atoms with Gasteiger partial charge in [-0.25, -0.2) is 8.78 Å². The van der Waals surface area contributed by atoms with Crippen LogP contribution in [0.3, 0.4) is 0 Å². The normalized spacial score (nSPS) is 12.3. The van der Waals surface area contributed by atoms with Crippen LogP contribution < -0.4 is 10.1 Å². The van der Waals surface area contributed by atoms with Crippen LogP contribution in [0.5, 0.6) is 5.75 Å². The minimum Gasteiger partial charge on any atom is -0.406 e. The van der Waals surface area contributed by atoms with E-state index >= 15 is 0 Å². The molecule has 0 aliphatic heterocycles. The van der Waals surface area contributed by atoms with E-state index in [1.54, 1.807) is 12.1 Å². The minimum absolute atomic E-state index is 0.0491. The second-order valence-electron chi connectivity index (χ2n) is 6.74. The number of nitrogens with zero attached hydrogens (tertiary/aromatic N) is 1. The third-order valence-corrected chi connectivity index (χ3v) is 4.31. The summed E-state index contributed by atoms with van der Waals surface area (Å²) in [5, 5.41) is 2.72. The first-order valence-electron chi connectivity index (χ1n) is 9.14. The average molecular weight is 436 g/mol. The molecule has 3 aromatic rings. The van der Waals surface area contributed by atoms with E-state index in [0.717, 1.165) is 30.3 Å². The van der Waals surface area contributed by atoms with Crippen molar-refractivity contribution in [3.63, 3.8) is 0 Å². The maximum atomic E-state index is 13.6. The standard InChI is InChI=1S/C22H17F5N2O2/c1-13(30)29-20(11-14-9-16(23)12-17(24)10-14)21-19(3-2-8-28-21)15-4-6-18(7-5-15)31-22(25,26)27/h2-10,12,20H,11H2,1H3,(H,29,30)/t20-/m0/s1. The molecule has 1 N–H and O–H groups in total. The van der Waals surface area contributed by atoms with Crippen LogP contribution in [0, 0.1) is 11.6 Å². The van der Waals surface area contributed by atoms with E-state index in [1.165, 1.54) is 25.3 Å². The Morgan fingerprint density at radius 1 is 1.06 bits per heavy atom. The van der Waals surface area contributed by atoms with Gasteiger partial charge in [0, 0.05) is 24.8 Å². The van der Waals surface area contributed by atoms with E-state index in [4.69, 9.17) is 0 Å². The molecular weight excluding hydrogens is 419 g/mol. The molecule has 0 saturated carbocycles. The fraction of sp³-hybridized carbons (Fsp3) is 0.182. The van der Waals surface area contributed by atoms with Gasteiger partial charge >= 0.3 is 6.36 Å². The van der Waals surface area contributed by atoms with Gasteiger partial charge < -0.3 is 10.1 Å². The zero-order valence-corrected chi connectivity index (χ0v) is 16.2. The number of hydrogen-bond donors (Lipinski definition) is 1. The molecule has 9 heteroatoms. The Morgan fingerprint density at radius 2 is 1.71 bits per heavy atom. The van der Waals surface area contributed by atoms with Crippen molar-refractivity contribution in [3.8, 4) is 16.9 Å². The Labute approximate surface area is 174 Å². The summed E-state index contributed by atoms with van der Waals surface area (Å²) in [7, 11) is 0. The van der Waals surface area contributed by atoms with Crippen LogP contribution in [0.4, 0.5) is 22.0 Å². The molecule has 0 saturated heterocycles. The number of ether oxygens (including phenoxy) is 1. The van der Waals surface area contributed by atoms with Gasteiger partial charge in [-0.2, -0.15) is 0 Å². The summed E-state index contributed by atoms with van der Waals surface area (Å²) >= 11 is 0. The highest BCUT2D eigenvalue weighted by atomic mass is 19.4. The molecule has 1 heterocycles. The maximum absolute atomic E-state index is 13.6. The maximum Gasteiger partial charge on any atom is 0.573 e. The first kappa shape index (κ1) is 22.2. The van der Waals surface area contributed by atoms with Crippen molar-refractivity contribution in [1.82, 2.24) is 10.3 Å². The molecular formula is C22H17F5N2O2. The largest absolute Gasteiger partial charge is 0.573 e. The van der Waals surface area contributed by atoms with E-state index < -0.39 is 24.0 Å². The molecule has 0 aliphatic rings. The van der Waals surface area contributed by atoms with Gasteiger partial charge in [0.05, 0.1) is 11.7 Å². The fourth-order valence-electron chi connectivity index (χ4n) is 3.20. The van der Waals surface area contributed by atoms with Crippen LogP contribution in [-0.4, -0.2) is 17.3 Å². The lowest BCUT2D eigenvalue weighted by Crippen LogP contribution is -2.29. The fourth-order valence-corrected chi connectivity index (χ4v) is 3.20. The van der Waals surface area contributed by atoms with Crippen molar-refractivity contribution in [2.24, 2.45) is 0 Å². The van der Waals surface area contributed by atoms with E-state index in [9.17, 15) is 26.7 Å². The monoisotopic (exact) mass is 436 g/mol. The van der Waals surface area contributed by atoms with Gasteiger partial charge in [-0.3, -0.25) is 9.78 Å². The van der Waals surface area contributed by atoms with Crippen LogP contribution in [0.1, 0.15) is 24.2 Å². The van der Waals surface area contributed by atoms with E-state index in [0.29, 0.717) is 22.4 Å². The molecule has 3 rings (SSSR count). The lowest BCUT2D eigenvalue weighted by molar-refractivity contribution is -0.274. The first-order valence-corrected chi connectivity index (χ1v) is 9.14. The molecule has 0 bridgehead atoms. The van der Waals surface area contributed by atoms with Crippen molar-refractivity contribution in [2.75, 3.05) is 0 Å². The zero-order valence-electron chi connectivity index (χ0n) is 16.2. The van der Waals surface area contributed by atoms with Gasteiger partial charge in [0.2, 0.25) is 5.91 Å². The second-order valence-corrected chi connectivity index (χ2v) is 6.74. The summed E-state index contributed by atoms with van der Waals surface area (Å²) in [5.41, 5.74) is 1.77. The molecule has 0 aliphatic carbocycles. The molecule has 0 radical (unpaired) electrons. The summed E-state index contributed by atoms with van der Waals surface area (Å²) < 4.78 is 68.3. The van der Waals surface area contributed by atoms with E-state index in [-0.39, 0.29) is 18.1 Å². The summed E-state index contributed by atoms with van der Waals surface area (Å²) in [6, 6.07) is 10.8. The smallest absolute Gasteiger partial charge is 0.406 e. The topological polar surface area (TPSA) is 51.2 Å². The van der Waals surface area contributed by atoms with Gasteiger partial charge in [-0.15, -0.1) is 13.2 Å². The molecule has 4 nitrogen and oxygen atoms in total. The lowest BCUT2D eigenvalue weighted by Gasteiger charge is -2.21. The Balaban J connectivity index is 1.97. The van der Waals surface area contributed by atoms with Gasteiger partial charge in [0.25, 0.3) is 0 Å². The van der Waals surface area contributed by atoms with Crippen molar-refractivity contribution >= 4 is 5.91 Å². The van der Waals surface area contributed by atoms with Crippen LogP contribution in [0.25, 0.3) is 11.1 Å². The van der Waals surface area contributed by atoms with Gasteiger partial charge in [0.1, 0.15) is 17.4 Å². The quantitative estimate of drug-likeness (QED) is 0.531. The Hall–Kier alpha value is -3.49. The number of amides is 1. The molecule has 2 aromatic carbocycles. The zero-order chi connectivity index (χ0) is 22.6. The second kappa shape index (κ2) is 9.11. The molecule has 1 amide bonds. The highest BCUT2D eigenvalue weighted by Gasteiger charge is 2.31. The Bertz CT molecular complexity index is 1050. The number of nitrogens with one attached hydrogen (secondary N) is 1. The predicted octanol–water partition coefficient (Wildman–Crippen LogP) is 5.35. The average Bonchev–Trinajstić information content (AvgIpc) is 2.66. The van der Waals surface area contributed by atoms with E-state index in [1.807, 2.05) is 0 Å². The number of rotatable bonds is 6. The number of pyridine rings is 1. The number of hydrogen-bond acceptors (Lipinski definition) is 3. The van der Waals surface area contributed by atoms with Crippen LogP contribution in [0.15, 0.2) is 60.8 Å². The Morgan fingerprint density at radius 3 is 2.29 bits per heavy atom. The van der Waals surface area contributed by atoms with Gasteiger partial charge in [0.15, 0.2) is 0 Å². The summed E-state index contributed by atoms with van der Waals surface area (Å²) in [6.45, 7) is 1.30. The van der Waals surface area contributed by atoms with Gasteiger partial charge in [-0.1, -0.05) is 18.2 Å². The van der Waals surface area contributed by atoms with Crippen molar-refractivity contribution in [2.45, 2.75) is 25.7 Å². The molecule has 162 valence electrons. The molecule has 0 unspecified atom stereocenters. The van der Waals surface area contributed by atoms with Gasteiger partial charge in [-0.05, 0) is 47.9 Å². The minimum atomic E-state index is -4.81. The number of alkyl halides is 3. The summed E-state index contributed by atoms with van der Waals surface area (Å²) in [4.78, 5) is 16.1. The molecule has 0 spiro atoms. The molecule has 0 fully saturated rings. The van der Waals surface area contributed by atoms with Crippen LogP contribution in [0.2, 0.25) is 0 Å². The van der Waals surface area contributed by atoms with E-state index in [2.05, 4.69) is 15.0 Å². The number of carbonyl (C=O) groups excluding carboxylic acids is 1. The molecule has 1 aromatic heterocycles. The summed E-state index contributed by atoms with van der Waals surface area (Å²) in [6.07, 6.45) is -3.27.